The summed E-state index contributed by atoms with van der Waals surface area (Å²) in [6.07, 6.45) is 4.62. The van der Waals surface area contributed by atoms with Crippen LogP contribution in [-0.2, 0) is 62.7 Å². The van der Waals surface area contributed by atoms with Crippen LogP contribution in [-0.4, -0.2) is 0 Å². The van der Waals surface area contributed by atoms with Gasteiger partial charge in [0.2, 0.25) is 0 Å². The number of halogens is 2. The van der Waals surface area contributed by atoms with Crippen molar-refractivity contribution in [2.75, 3.05) is 0 Å². The summed E-state index contributed by atoms with van der Waals surface area (Å²) in [5, 5.41) is 5.84. The van der Waals surface area contributed by atoms with Crippen molar-refractivity contribution >= 4 is 21.5 Å². The molecule has 0 saturated carbocycles. The van der Waals surface area contributed by atoms with Gasteiger partial charge in [-0.05, 0) is 23.7 Å². The van der Waals surface area contributed by atoms with Gasteiger partial charge >= 0.3 is 26.2 Å². The smallest absolute Gasteiger partial charge is 1.00 e. The fraction of sp³-hybridized carbons (Fsp3) is 0.400. The average molecular weight is 557 g/mol. The molecule has 4 aromatic rings. The van der Waals surface area contributed by atoms with Crippen molar-refractivity contribution in [2.45, 2.75) is 78.1 Å². The standard InChI is InChI=1S/C30H34.2ClH.Zr/c1-29(2,3)23-9-13-27-21(17-23)15-19-7-12-26-20(8-11-25(19)27)16-22-18-24(30(4,5)6)10-14-28(22)26;;;/h9-10,13-18H,7-8,11-12H2,1-6H3;2*1H;/q-2;;;+4/p-2. The van der Waals surface area contributed by atoms with Gasteiger partial charge < -0.3 is 24.8 Å². The summed E-state index contributed by atoms with van der Waals surface area (Å²) in [5.41, 5.74) is 9.61. The SMILES string of the molecule is CC(C)(C)c1ccc2c(c1)cc1[c-]2CCc2cc3cc(C(C)(C)C)ccc3[c-]2CC1.[Cl-].[Cl-].[Zr+4]. The molecule has 0 atom stereocenters. The second kappa shape index (κ2) is 10.0. The first-order valence-corrected chi connectivity index (χ1v) is 11.5. The molecule has 33 heavy (non-hydrogen) atoms. The van der Waals surface area contributed by atoms with Crippen molar-refractivity contribution in [3.8, 4) is 0 Å². The zero-order valence-electron chi connectivity index (χ0n) is 20.7. The molecule has 0 N–H and O–H groups in total. The molecule has 1 aliphatic carbocycles. The van der Waals surface area contributed by atoms with Crippen molar-refractivity contribution in [1.29, 1.82) is 0 Å². The van der Waals surface area contributed by atoms with Gasteiger partial charge in [-0.3, -0.25) is 0 Å². The van der Waals surface area contributed by atoms with Crippen LogP contribution in [0.15, 0.2) is 48.5 Å². The first kappa shape index (κ1) is 28.4. The van der Waals surface area contributed by atoms with Crippen LogP contribution in [0.1, 0.15) is 74.9 Å². The van der Waals surface area contributed by atoms with Crippen LogP contribution in [0.2, 0.25) is 0 Å². The first-order valence-electron chi connectivity index (χ1n) is 11.5. The van der Waals surface area contributed by atoms with Gasteiger partial charge in [0, 0.05) is 0 Å². The Morgan fingerprint density at radius 2 is 0.939 bits per heavy atom. The molecule has 0 fully saturated rings. The van der Waals surface area contributed by atoms with Crippen LogP contribution in [0.5, 0.6) is 0 Å². The number of fused-ring (bicyclic) bond motifs is 6. The third-order valence-corrected chi connectivity index (χ3v) is 7.21. The van der Waals surface area contributed by atoms with E-state index in [1.165, 1.54) is 32.7 Å². The summed E-state index contributed by atoms with van der Waals surface area (Å²) in [7, 11) is 0. The van der Waals surface area contributed by atoms with E-state index in [9.17, 15) is 0 Å². The molecule has 3 heteroatoms. The van der Waals surface area contributed by atoms with Gasteiger partial charge in [0.15, 0.2) is 0 Å². The zero-order valence-corrected chi connectivity index (χ0v) is 24.7. The van der Waals surface area contributed by atoms with Crippen molar-refractivity contribution < 1.29 is 51.0 Å². The molecule has 0 bridgehead atoms. The van der Waals surface area contributed by atoms with Crippen molar-refractivity contribution in [3.05, 3.63) is 81.9 Å². The first-order chi connectivity index (χ1) is 14.1. The maximum absolute atomic E-state index is 2.48. The number of benzene rings is 2. The van der Waals surface area contributed by atoms with E-state index in [0.717, 1.165) is 25.7 Å². The van der Waals surface area contributed by atoms with E-state index in [4.69, 9.17) is 0 Å². The Kier molecular flexibility index (Phi) is 8.60. The van der Waals surface area contributed by atoms with Gasteiger partial charge in [-0.2, -0.15) is 12.1 Å². The quantitative estimate of drug-likeness (QED) is 0.291. The third-order valence-electron chi connectivity index (χ3n) is 7.21. The number of aryl methyl sites for hydroxylation is 4. The maximum Gasteiger partial charge on any atom is 4.00 e. The second-order valence-corrected chi connectivity index (χ2v) is 11.4. The molecule has 0 saturated heterocycles. The minimum absolute atomic E-state index is 0. The van der Waals surface area contributed by atoms with Crippen molar-refractivity contribution in [1.82, 2.24) is 0 Å². The number of hydrogen-bond donors (Lipinski definition) is 0. The van der Waals surface area contributed by atoms with E-state index in [2.05, 4.69) is 90.1 Å². The van der Waals surface area contributed by atoms with Crippen LogP contribution in [0, 0.1) is 0 Å². The molecule has 172 valence electrons. The van der Waals surface area contributed by atoms with Gasteiger partial charge in [0.1, 0.15) is 0 Å². The van der Waals surface area contributed by atoms with E-state index >= 15 is 0 Å². The third kappa shape index (κ3) is 5.22. The summed E-state index contributed by atoms with van der Waals surface area (Å²) in [5.74, 6) is 0. The summed E-state index contributed by atoms with van der Waals surface area (Å²) in [4.78, 5) is 0. The zero-order chi connectivity index (χ0) is 21.3. The molecule has 0 radical (unpaired) electrons. The summed E-state index contributed by atoms with van der Waals surface area (Å²) < 4.78 is 0. The molecule has 0 nitrogen and oxygen atoms in total. The number of rotatable bonds is 0. The van der Waals surface area contributed by atoms with Gasteiger partial charge in [0.25, 0.3) is 0 Å². The second-order valence-electron chi connectivity index (χ2n) is 11.4. The van der Waals surface area contributed by atoms with Gasteiger partial charge in [0.05, 0.1) is 0 Å². The van der Waals surface area contributed by atoms with E-state index in [1.54, 1.807) is 22.3 Å². The van der Waals surface area contributed by atoms with E-state index in [-0.39, 0.29) is 61.8 Å². The Bertz CT molecular complexity index is 1160. The molecule has 0 aliphatic heterocycles. The molecular formula is C30H34Cl2Zr. The van der Waals surface area contributed by atoms with Crippen LogP contribution < -0.4 is 24.8 Å². The molecule has 1 aliphatic rings. The molecule has 0 heterocycles. The fourth-order valence-corrected chi connectivity index (χ4v) is 5.30. The molecule has 4 aromatic carbocycles. The molecule has 0 aromatic heterocycles. The van der Waals surface area contributed by atoms with E-state index in [1.807, 2.05) is 0 Å². The fourth-order valence-electron chi connectivity index (χ4n) is 5.30. The Morgan fingerprint density at radius 1 is 0.576 bits per heavy atom. The topological polar surface area (TPSA) is 0 Å². The Hall–Kier alpha value is -0.877. The minimum atomic E-state index is 0. The summed E-state index contributed by atoms with van der Waals surface area (Å²) in [6, 6.07) is 19.3. The van der Waals surface area contributed by atoms with Crippen LogP contribution >= 0.6 is 0 Å². The summed E-state index contributed by atoms with van der Waals surface area (Å²) >= 11 is 0. The van der Waals surface area contributed by atoms with Crippen molar-refractivity contribution in [3.63, 3.8) is 0 Å². The molecular weight excluding hydrogens is 522 g/mol. The van der Waals surface area contributed by atoms with Gasteiger partial charge in [-0.1, -0.05) is 65.5 Å². The predicted octanol–water partition coefficient (Wildman–Crippen LogP) is 1.92. The predicted molar refractivity (Wildman–Crippen MR) is 131 cm³/mol. The molecule has 0 unspecified atom stereocenters. The Labute approximate surface area is 231 Å². The number of hydrogen-bond acceptors (Lipinski definition) is 0. The molecule has 0 amide bonds. The van der Waals surface area contributed by atoms with Crippen LogP contribution in [0.4, 0.5) is 0 Å². The maximum atomic E-state index is 2.48. The Balaban J connectivity index is 0.00000128. The molecule has 0 spiro atoms. The van der Waals surface area contributed by atoms with Crippen LogP contribution in [0.25, 0.3) is 21.5 Å². The average Bonchev–Trinajstić information content (AvgIpc) is 3.16. The van der Waals surface area contributed by atoms with Gasteiger partial charge in [-0.25, -0.2) is 0 Å². The minimum Gasteiger partial charge on any atom is -1.00 e. The van der Waals surface area contributed by atoms with Gasteiger partial charge in [-0.15, -0.1) is 80.2 Å². The van der Waals surface area contributed by atoms with Crippen molar-refractivity contribution in [2.24, 2.45) is 0 Å². The van der Waals surface area contributed by atoms with Crippen LogP contribution in [0.3, 0.4) is 0 Å². The largest absolute Gasteiger partial charge is 4.00 e. The normalized spacial score (nSPS) is 13.8. The van der Waals surface area contributed by atoms with E-state index < -0.39 is 0 Å². The monoisotopic (exact) mass is 554 g/mol. The Morgan fingerprint density at radius 3 is 1.27 bits per heavy atom. The summed E-state index contributed by atoms with van der Waals surface area (Å²) in [6.45, 7) is 13.8. The van der Waals surface area contributed by atoms with E-state index in [0.29, 0.717) is 0 Å². The molecule has 5 rings (SSSR count).